The zero-order chi connectivity index (χ0) is 11.1. The lowest BCUT2D eigenvalue weighted by Crippen LogP contribution is -2.34. The first-order chi connectivity index (χ1) is 7.75. The van der Waals surface area contributed by atoms with E-state index in [2.05, 4.69) is 15.2 Å². The van der Waals surface area contributed by atoms with Gasteiger partial charge in [0.05, 0.1) is 11.9 Å². The molecule has 3 heterocycles. The van der Waals surface area contributed by atoms with Crippen LogP contribution in [0.15, 0.2) is 12.3 Å². The van der Waals surface area contributed by atoms with Crippen LogP contribution in [-0.2, 0) is 0 Å². The van der Waals surface area contributed by atoms with Gasteiger partial charge in [-0.1, -0.05) is 11.6 Å². The first-order valence-corrected chi connectivity index (χ1v) is 5.92. The average Bonchev–Trinajstić information content (AvgIpc) is 2.83. The van der Waals surface area contributed by atoms with Crippen LogP contribution in [0.5, 0.6) is 0 Å². The number of hydrogen-bond donors (Lipinski definition) is 1. The van der Waals surface area contributed by atoms with Crippen molar-refractivity contribution in [3.63, 3.8) is 0 Å². The molecule has 2 saturated heterocycles. The Bertz CT molecular complexity index is 412. The van der Waals surface area contributed by atoms with Gasteiger partial charge in [0.1, 0.15) is 0 Å². The third kappa shape index (κ3) is 1.57. The Morgan fingerprint density at radius 1 is 1.50 bits per heavy atom. The second-order valence-electron chi connectivity index (χ2n) is 4.43. The number of halogens is 2. The van der Waals surface area contributed by atoms with Gasteiger partial charge in [-0.2, -0.15) is 0 Å². The second-order valence-corrected chi connectivity index (χ2v) is 4.79. The molecule has 1 aromatic heterocycles. The molecule has 3 nitrogen and oxygen atoms in total. The minimum Gasteiger partial charge on any atom is -0.366 e. The van der Waals surface area contributed by atoms with Crippen molar-refractivity contribution in [2.45, 2.75) is 12.5 Å². The van der Waals surface area contributed by atoms with Gasteiger partial charge in [-0.3, -0.25) is 0 Å². The molecule has 0 saturated carbocycles. The molecular formula is C11H13ClFN3. The fourth-order valence-corrected chi connectivity index (χ4v) is 2.84. The molecule has 2 fully saturated rings. The lowest BCUT2D eigenvalue weighted by atomic mass is 10.1. The molecule has 0 spiro atoms. The summed E-state index contributed by atoms with van der Waals surface area (Å²) in [4.78, 5) is 6.10. The minimum atomic E-state index is -0.437. The minimum absolute atomic E-state index is 0.0518. The number of nitrogens with zero attached hydrogens (tertiary/aromatic N) is 2. The van der Waals surface area contributed by atoms with Crippen LogP contribution in [0.1, 0.15) is 6.42 Å². The van der Waals surface area contributed by atoms with Gasteiger partial charge in [-0.05, 0) is 12.3 Å². The summed E-state index contributed by atoms with van der Waals surface area (Å²) < 4.78 is 13.3. The lowest BCUT2D eigenvalue weighted by Gasteiger charge is -2.25. The van der Waals surface area contributed by atoms with Crippen LogP contribution in [0.2, 0.25) is 5.15 Å². The van der Waals surface area contributed by atoms with Gasteiger partial charge >= 0.3 is 0 Å². The van der Waals surface area contributed by atoms with Gasteiger partial charge in [-0.15, -0.1) is 0 Å². The van der Waals surface area contributed by atoms with Crippen LogP contribution in [0.4, 0.5) is 10.1 Å². The largest absolute Gasteiger partial charge is 0.366 e. The number of pyridine rings is 1. The highest BCUT2D eigenvalue weighted by molar-refractivity contribution is 6.29. The predicted molar refractivity (Wildman–Crippen MR) is 61.3 cm³/mol. The number of rotatable bonds is 1. The normalized spacial score (nSPS) is 28.5. The highest BCUT2D eigenvalue weighted by atomic mass is 35.5. The average molecular weight is 242 g/mol. The maximum atomic E-state index is 13.3. The summed E-state index contributed by atoms with van der Waals surface area (Å²) in [6.07, 6.45) is 2.83. The predicted octanol–water partition coefficient (Wildman–Crippen LogP) is 1.67. The maximum Gasteiger partial charge on any atom is 0.164 e. The van der Waals surface area contributed by atoms with Crippen LogP contribution < -0.4 is 10.2 Å². The molecule has 86 valence electrons. The van der Waals surface area contributed by atoms with Crippen LogP contribution in [0.3, 0.4) is 0 Å². The van der Waals surface area contributed by atoms with Crippen LogP contribution in [0, 0.1) is 11.7 Å². The molecule has 0 aromatic carbocycles. The van der Waals surface area contributed by atoms with E-state index < -0.39 is 5.82 Å². The van der Waals surface area contributed by atoms with E-state index in [0.29, 0.717) is 12.0 Å². The number of anilines is 1. The van der Waals surface area contributed by atoms with E-state index >= 15 is 0 Å². The Morgan fingerprint density at radius 3 is 3.19 bits per heavy atom. The summed E-state index contributed by atoms with van der Waals surface area (Å²) in [6, 6.07) is 1.97. The molecule has 0 aliphatic carbocycles. The molecule has 3 rings (SSSR count). The third-order valence-electron chi connectivity index (χ3n) is 3.56. The third-order valence-corrected chi connectivity index (χ3v) is 3.84. The maximum absolute atomic E-state index is 13.3. The first kappa shape index (κ1) is 10.3. The summed E-state index contributed by atoms with van der Waals surface area (Å²) in [5.41, 5.74) is 0.845. The Hall–Kier alpha value is -0.870. The van der Waals surface area contributed by atoms with Crippen molar-refractivity contribution >= 4 is 17.3 Å². The van der Waals surface area contributed by atoms with Crippen molar-refractivity contribution in [3.05, 3.63) is 23.2 Å². The standard InChI is InChI=1S/C11H13ClFN3/c12-11-9(13)3-8(5-15-11)16-2-1-7-4-14-6-10(7)16/h3,5,7,10,14H,1-2,4,6H2. The summed E-state index contributed by atoms with van der Waals surface area (Å²) in [6.45, 7) is 3.04. The zero-order valence-corrected chi connectivity index (χ0v) is 9.54. The Labute approximate surface area is 98.6 Å². The number of hydrogen-bond acceptors (Lipinski definition) is 3. The molecule has 5 heteroatoms. The lowest BCUT2D eigenvalue weighted by molar-refractivity contribution is 0.577. The first-order valence-electron chi connectivity index (χ1n) is 5.54. The fourth-order valence-electron chi connectivity index (χ4n) is 2.74. The molecule has 1 N–H and O–H groups in total. The molecule has 0 bridgehead atoms. The highest BCUT2D eigenvalue weighted by Gasteiger charge is 2.37. The van der Waals surface area contributed by atoms with E-state index in [0.717, 1.165) is 25.3 Å². The quantitative estimate of drug-likeness (QED) is 0.759. The van der Waals surface area contributed by atoms with Crippen molar-refractivity contribution in [2.75, 3.05) is 24.5 Å². The van der Waals surface area contributed by atoms with E-state index in [1.807, 2.05) is 0 Å². The highest BCUT2D eigenvalue weighted by Crippen LogP contribution is 2.32. The van der Waals surface area contributed by atoms with Crippen LogP contribution >= 0.6 is 11.6 Å². The monoisotopic (exact) mass is 241 g/mol. The van der Waals surface area contributed by atoms with E-state index in [4.69, 9.17) is 11.6 Å². The molecule has 2 aliphatic heterocycles. The zero-order valence-electron chi connectivity index (χ0n) is 8.79. The molecule has 2 aliphatic rings. The van der Waals surface area contributed by atoms with Crippen LogP contribution in [0.25, 0.3) is 0 Å². The topological polar surface area (TPSA) is 28.2 Å². The van der Waals surface area contributed by atoms with E-state index in [1.54, 1.807) is 6.20 Å². The molecule has 0 amide bonds. The SMILES string of the molecule is Fc1cc(N2CCC3CNCC32)cnc1Cl. The van der Waals surface area contributed by atoms with Crippen molar-refractivity contribution in [3.8, 4) is 0 Å². The molecule has 1 aromatic rings. The van der Waals surface area contributed by atoms with E-state index in [1.165, 1.54) is 12.5 Å². The van der Waals surface area contributed by atoms with Gasteiger partial charge in [-0.25, -0.2) is 9.37 Å². The van der Waals surface area contributed by atoms with E-state index in [-0.39, 0.29) is 5.15 Å². The van der Waals surface area contributed by atoms with Gasteiger partial charge in [0.25, 0.3) is 0 Å². The van der Waals surface area contributed by atoms with E-state index in [9.17, 15) is 4.39 Å². The summed E-state index contributed by atoms with van der Waals surface area (Å²) in [7, 11) is 0. The fraction of sp³-hybridized carbons (Fsp3) is 0.545. The summed E-state index contributed by atoms with van der Waals surface area (Å²) in [5.74, 6) is 0.257. The van der Waals surface area contributed by atoms with Crippen molar-refractivity contribution in [2.24, 2.45) is 5.92 Å². The summed E-state index contributed by atoms with van der Waals surface area (Å²) in [5, 5.41) is 3.32. The number of aromatic nitrogens is 1. The Balaban J connectivity index is 1.89. The molecule has 2 unspecified atom stereocenters. The van der Waals surface area contributed by atoms with Gasteiger partial charge < -0.3 is 10.2 Å². The molecule has 16 heavy (non-hydrogen) atoms. The smallest absolute Gasteiger partial charge is 0.164 e. The number of nitrogens with one attached hydrogen (secondary N) is 1. The Kier molecular flexibility index (Phi) is 2.48. The van der Waals surface area contributed by atoms with Gasteiger partial charge in [0.15, 0.2) is 11.0 Å². The van der Waals surface area contributed by atoms with Crippen molar-refractivity contribution in [1.82, 2.24) is 10.3 Å². The van der Waals surface area contributed by atoms with Gasteiger partial charge in [0.2, 0.25) is 0 Å². The molecular weight excluding hydrogens is 229 g/mol. The molecule has 0 radical (unpaired) electrons. The van der Waals surface area contributed by atoms with Crippen molar-refractivity contribution in [1.29, 1.82) is 0 Å². The second kappa shape index (κ2) is 3.86. The Morgan fingerprint density at radius 2 is 2.38 bits per heavy atom. The molecule has 2 atom stereocenters. The van der Waals surface area contributed by atoms with Gasteiger partial charge in [0, 0.05) is 31.7 Å². The summed E-state index contributed by atoms with van der Waals surface area (Å²) >= 11 is 5.58. The number of fused-ring (bicyclic) bond motifs is 1. The van der Waals surface area contributed by atoms with Crippen molar-refractivity contribution < 1.29 is 4.39 Å². The van der Waals surface area contributed by atoms with Crippen LogP contribution in [-0.4, -0.2) is 30.7 Å².